The molecule has 3 aromatic rings. The van der Waals surface area contributed by atoms with Gasteiger partial charge in [0.15, 0.2) is 18.1 Å². The quantitative estimate of drug-likeness (QED) is 0.525. The fourth-order valence-corrected chi connectivity index (χ4v) is 2.92. The summed E-state index contributed by atoms with van der Waals surface area (Å²) in [5.41, 5.74) is 2.79. The minimum atomic E-state index is -0.224. The zero-order valence-electron chi connectivity index (χ0n) is 17.3. The van der Waals surface area contributed by atoms with Crippen molar-refractivity contribution in [2.75, 3.05) is 18.5 Å². The summed E-state index contributed by atoms with van der Waals surface area (Å²) in [4.78, 5) is 16.5. The summed E-state index contributed by atoms with van der Waals surface area (Å²) in [6.45, 7) is 5.07. The Kier molecular flexibility index (Phi) is 7.80. The monoisotopic (exact) mass is 405 g/mol. The van der Waals surface area contributed by atoms with Crippen molar-refractivity contribution in [1.82, 2.24) is 10.3 Å². The minimum absolute atomic E-state index is 0.0940. The summed E-state index contributed by atoms with van der Waals surface area (Å²) in [5.74, 6) is 0.940. The number of benzene rings is 2. The Morgan fingerprint density at radius 2 is 1.80 bits per heavy atom. The zero-order chi connectivity index (χ0) is 21.2. The number of pyridine rings is 1. The SMILES string of the molecule is CCOc1cc(CNC(C)c2ccccn2)ccc1OCC(=O)Nc1ccccc1. The van der Waals surface area contributed by atoms with Crippen molar-refractivity contribution in [3.05, 3.63) is 84.2 Å². The second-order valence-electron chi connectivity index (χ2n) is 6.77. The van der Waals surface area contributed by atoms with Gasteiger partial charge in [0, 0.05) is 24.5 Å². The zero-order valence-corrected chi connectivity index (χ0v) is 17.3. The lowest BCUT2D eigenvalue weighted by atomic mass is 10.1. The van der Waals surface area contributed by atoms with Crippen LogP contribution in [0.1, 0.15) is 31.1 Å². The second kappa shape index (κ2) is 11.0. The lowest BCUT2D eigenvalue weighted by Gasteiger charge is -2.16. The van der Waals surface area contributed by atoms with Crippen LogP contribution >= 0.6 is 0 Å². The molecule has 3 rings (SSSR count). The number of carbonyl (C=O) groups excluding carboxylic acids is 1. The Balaban J connectivity index is 1.58. The molecule has 2 aromatic carbocycles. The van der Waals surface area contributed by atoms with E-state index in [4.69, 9.17) is 9.47 Å². The number of amides is 1. The number of carbonyl (C=O) groups is 1. The van der Waals surface area contributed by atoms with Crippen molar-refractivity contribution in [3.63, 3.8) is 0 Å². The Hall–Kier alpha value is -3.38. The van der Waals surface area contributed by atoms with Crippen molar-refractivity contribution in [3.8, 4) is 11.5 Å². The first-order chi connectivity index (χ1) is 14.7. The molecule has 1 amide bonds. The van der Waals surface area contributed by atoms with Gasteiger partial charge in [-0.05, 0) is 55.8 Å². The van der Waals surface area contributed by atoms with Crippen molar-refractivity contribution in [1.29, 1.82) is 0 Å². The summed E-state index contributed by atoms with van der Waals surface area (Å²) in [5, 5.41) is 6.26. The van der Waals surface area contributed by atoms with Gasteiger partial charge in [-0.25, -0.2) is 0 Å². The van der Waals surface area contributed by atoms with Crippen LogP contribution in [-0.4, -0.2) is 24.1 Å². The highest BCUT2D eigenvalue weighted by molar-refractivity contribution is 5.91. The molecule has 6 heteroatoms. The van der Waals surface area contributed by atoms with Crippen LogP contribution in [0.15, 0.2) is 72.9 Å². The summed E-state index contributed by atoms with van der Waals surface area (Å²) in [7, 11) is 0. The van der Waals surface area contributed by atoms with Gasteiger partial charge in [0.1, 0.15) is 0 Å². The second-order valence-corrected chi connectivity index (χ2v) is 6.77. The van der Waals surface area contributed by atoms with Gasteiger partial charge in [-0.3, -0.25) is 9.78 Å². The summed E-state index contributed by atoms with van der Waals surface area (Å²) in [6.07, 6.45) is 1.79. The van der Waals surface area contributed by atoms with Crippen LogP contribution in [0.5, 0.6) is 11.5 Å². The van der Waals surface area contributed by atoms with Crippen LogP contribution in [-0.2, 0) is 11.3 Å². The number of para-hydroxylation sites is 1. The number of rotatable bonds is 10. The normalized spacial score (nSPS) is 11.5. The van der Waals surface area contributed by atoms with Crippen molar-refractivity contribution >= 4 is 11.6 Å². The summed E-state index contributed by atoms with van der Waals surface area (Å²) >= 11 is 0. The fourth-order valence-electron chi connectivity index (χ4n) is 2.92. The summed E-state index contributed by atoms with van der Waals surface area (Å²) in [6, 6.07) is 21.0. The van der Waals surface area contributed by atoms with E-state index in [1.165, 1.54) is 0 Å². The molecule has 156 valence electrons. The number of hydrogen-bond acceptors (Lipinski definition) is 5. The number of anilines is 1. The van der Waals surface area contributed by atoms with E-state index in [1.54, 1.807) is 6.20 Å². The van der Waals surface area contributed by atoms with Crippen molar-refractivity contribution < 1.29 is 14.3 Å². The molecule has 0 aliphatic heterocycles. The number of hydrogen-bond donors (Lipinski definition) is 2. The first kappa shape index (κ1) is 21.3. The van der Waals surface area contributed by atoms with Crippen molar-refractivity contribution in [2.24, 2.45) is 0 Å². The van der Waals surface area contributed by atoms with E-state index in [9.17, 15) is 4.79 Å². The molecule has 0 fully saturated rings. The number of ether oxygens (including phenoxy) is 2. The molecule has 30 heavy (non-hydrogen) atoms. The van der Waals surface area contributed by atoms with Gasteiger partial charge in [0.2, 0.25) is 0 Å². The largest absolute Gasteiger partial charge is 0.490 e. The molecule has 0 aliphatic carbocycles. The Bertz CT molecular complexity index is 933. The molecular formula is C24H27N3O3. The maximum Gasteiger partial charge on any atom is 0.262 e. The van der Waals surface area contributed by atoms with Gasteiger partial charge >= 0.3 is 0 Å². The third kappa shape index (κ3) is 6.32. The topological polar surface area (TPSA) is 72.5 Å². The average Bonchev–Trinajstić information content (AvgIpc) is 2.78. The Morgan fingerprint density at radius 1 is 1.00 bits per heavy atom. The molecule has 1 atom stereocenters. The number of nitrogens with one attached hydrogen (secondary N) is 2. The van der Waals surface area contributed by atoms with Crippen LogP contribution in [0.25, 0.3) is 0 Å². The van der Waals surface area contributed by atoms with Crippen LogP contribution < -0.4 is 20.1 Å². The van der Waals surface area contributed by atoms with Gasteiger partial charge in [-0.15, -0.1) is 0 Å². The lowest BCUT2D eigenvalue weighted by molar-refractivity contribution is -0.118. The van der Waals surface area contributed by atoms with E-state index in [1.807, 2.05) is 73.7 Å². The molecule has 6 nitrogen and oxygen atoms in total. The third-order valence-corrected chi connectivity index (χ3v) is 4.47. The van der Waals surface area contributed by atoms with E-state index in [2.05, 4.69) is 22.5 Å². The molecule has 0 radical (unpaired) electrons. The van der Waals surface area contributed by atoms with E-state index in [-0.39, 0.29) is 18.6 Å². The van der Waals surface area contributed by atoms with Gasteiger partial charge in [-0.1, -0.05) is 30.3 Å². The number of aromatic nitrogens is 1. The van der Waals surface area contributed by atoms with E-state index in [0.29, 0.717) is 24.7 Å². The highest BCUT2D eigenvalue weighted by Gasteiger charge is 2.11. The highest BCUT2D eigenvalue weighted by Crippen LogP contribution is 2.29. The van der Waals surface area contributed by atoms with Crippen LogP contribution in [0, 0.1) is 0 Å². The van der Waals surface area contributed by atoms with Crippen LogP contribution in [0.4, 0.5) is 5.69 Å². The minimum Gasteiger partial charge on any atom is -0.490 e. The van der Waals surface area contributed by atoms with E-state index < -0.39 is 0 Å². The Labute approximate surface area is 177 Å². The average molecular weight is 405 g/mol. The van der Waals surface area contributed by atoms with Crippen LogP contribution in [0.2, 0.25) is 0 Å². The molecular weight excluding hydrogens is 378 g/mol. The Morgan fingerprint density at radius 3 is 2.53 bits per heavy atom. The maximum atomic E-state index is 12.1. The van der Waals surface area contributed by atoms with E-state index in [0.717, 1.165) is 16.9 Å². The first-order valence-electron chi connectivity index (χ1n) is 10.0. The third-order valence-electron chi connectivity index (χ3n) is 4.47. The molecule has 2 N–H and O–H groups in total. The lowest BCUT2D eigenvalue weighted by Crippen LogP contribution is -2.20. The molecule has 1 aromatic heterocycles. The summed E-state index contributed by atoms with van der Waals surface area (Å²) < 4.78 is 11.4. The smallest absolute Gasteiger partial charge is 0.262 e. The van der Waals surface area contributed by atoms with Crippen molar-refractivity contribution in [2.45, 2.75) is 26.4 Å². The molecule has 0 saturated heterocycles. The molecule has 1 heterocycles. The highest BCUT2D eigenvalue weighted by atomic mass is 16.5. The molecule has 0 bridgehead atoms. The molecule has 0 spiro atoms. The van der Waals surface area contributed by atoms with Gasteiger partial charge in [-0.2, -0.15) is 0 Å². The van der Waals surface area contributed by atoms with Crippen LogP contribution in [0.3, 0.4) is 0 Å². The molecule has 1 unspecified atom stereocenters. The standard InChI is InChI=1S/C24H27N3O3/c1-3-29-23-15-19(16-26-18(2)21-11-7-8-14-25-21)12-13-22(23)30-17-24(28)27-20-9-5-4-6-10-20/h4-15,18,26H,3,16-17H2,1-2H3,(H,27,28). The first-order valence-corrected chi connectivity index (χ1v) is 10.0. The fraction of sp³-hybridized carbons (Fsp3) is 0.250. The van der Waals surface area contributed by atoms with E-state index >= 15 is 0 Å². The van der Waals surface area contributed by atoms with Gasteiger partial charge in [0.25, 0.3) is 5.91 Å². The predicted molar refractivity (Wildman–Crippen MR) is 118 cm³/mol. The predicted octanol–water partition coefficient (Wildman–Crippen LogP) is 4.35. The number of nitrogens with zero attached hydrogens (tertiary/aromatic N) is 1. The maximum absolute atomic E-state index is 12.1. The molecule has 0 aliphatic rings. The van der Waals surface area contributed by atoms with Gasteiger partial charge in [0.05, 0.1) is 12.3 Å². The van der Waals surface area contributed by atoms with Gasteiger partial charge < -0.3 is 20.1 Å². The molecule has 0 saturated carbocycles.